The van der Waals surface area contributed by atoms with Crippen LogP contribution in [0.4, 0.5) is 0 Å². The molecule has 1 aromatic carbocycles. The molecule has 0 aliphatic carbocycles. The first-order valence-electron chi connectivity index (χ1n) is 7.30. The van der Waals surface area contributed by atoms with Gasteiger partial charge in [0.2, 0.25) is 5.91 Å². The van der Waals surface area contributed by atoms with Gasteiger partial charge < -0.3 is 5.32 Å². The van der Waals surface area contributed by atoms with Crippen molar-refractivity contribution in [1.82, 2.24) is 5.32 Å². The van der Waals surface area contributed by atoms with Crippen molar-refractivity contribution in [3.05, 3.63) is 35.9 Å². The van der Waals surface area contributed by atoms with Crippen LogP contribution in [-0.4, -0.2) is 11.9 Å². The summed E-state index contributed by atoms with van der Waals surface area (Å²) in [5.41, 5.74) is 1.02. The highest BCUT2D eigenvalue weighted by atomic mass is 16.1. The van der Waals surface area contributed by atoms with E-state index in [2.05, 4.69) is 25.2 Å². The maximum atomic E-state index is 12.1. The molecule has 0 heterocycles. The van der Waals surface area contributed by atoms with Crippen LogP contribution in [0.25, 0.3) is 0 Å². The summed E-state index contributed by atoms with van der Waals surface area (Å²) in [5.74, 6) is -0.191. The Labute approximate surface area is 122 Å². The highest BCUT2D eigenvalue weighted by molar-refractivity contribution is 5.81. The summed E-state index contributed by atoms with van der Waals surface area (Å²) < 4.78 is 0. The van der Waals surface area contributed by atoms with E-state index in [0.717, 1.165) is 18.4 Å². The maximum absolute atomic E-state index is 12.1. The molecule has 0 spiro atoms. The fourth-order valence-electron chi connectivity index (χ4n) is 2.22. The number of carbonyl (C=O) groups excluding carboxylic acids is 1. The number of hydrogen-bond donors (Lipinski definition) is 1. The predicted octanol–water partition coefficient (Wildman–Crippen LogP) is 3.31. The Morgan fingerprint density at radius 3 is 2.50 bits per heavy atom. The van der Waals surface area contributed by atoms with Crippen molar-refractivity contribution >= 4 is 5.91 Å². The third-order valence-corrected chi connectivity index (χ3v) is 3.60. The molecule has 0 aliphatic rings. The summed E-state index contributed by atoms with van der Waals surface area (Å²) in [6.07, 6.45) is 2.52. The number of hydrogen-bond acceptors (Lipinski definition) is 2. The van der Waals surface area contributed by atoms with Crippen LogP contribution in [0.2, 0.25) is 0 Å². The molecule has 3 atom stereocenters. The van der Waals surface area contributed by atoms with E-state index in [1.165, 1.54) is 0 Å². The second kappa shape index (κ2) is 8.37. The number of nitriles is 1. The Bertz CT molecular complexity index is 450. The average molecular weight is 272 g/mol. The van der Waals surface area contributed by atoms with Crippen molar-refractivity contribution < 1.29 is 4.79 Å². The molecule has 0 aromatic heterocycles. The molecule has 0 radical (unpaired) electrons. The fraction of sp³-hybridized carbons (Fsp3) is 0.529. The minimum Gasteiger partial charge on any atom is -0.352 e. The van der Waals surface area contributed by atoms with Gasteiger partial charge in [0.25, 0.3) is 0 Å². The van der Waals surface area contributed by atoms with Gasteiger partial charge in [-0.05, 0) is 31.2 Å². The van der Waals surface area contributed by atoms with Crippen LogP contribution in [0, 0.1) is 23.2 Å². The molecule has 1 amide bonds. The van der Waals surface area contributed by atoms with Crippen molar-refractivity contribution in [3.8, 4) is 6.07 Å². The minimum atomic E-state index is -0.614. The van der Waals surface area contributed by atoms with Crippen molar-refractivity contribution in [2.24, 2.45) is 11.8 Å². The first kappa shape index (κ1) is 16.2. The molecule has 108 valence electrons. The van der Waals surface area contributed by atoms with E-state index in [-0.39, 0.29) is 11.9 Å². The molecule has 20 heavy (non-hydrogen) atoms. The van der Waals surface area contributed by atoms with Crippen molar-refractivity contribution in [3.63, 3.8) is 0 Å². The summed E-state index contributed by atoms with van der Waals surface area (Å²) in [6, 6.07) is 11.9. The molecule has 0 bridgehead atoms. The second-order valence-electron chi connectivity index (χ2n) is 5.53. The van der Waals surface area contributed by atoms with Gasteiger partial charge in [0.1, 0.15) is 5.92 Å². The first-order valence-corrected chi connectivity index (χ1v) is 7.30. The van der Waals surface area contributed by atoms with Gasteiger partial charge >= 0.3 is 0 Å². The molecule has 1 rings (SSSR count). The lowest BCUT2D eigenvalue weighted by Gasteiger charge is -2.19. The van der Waals surface area contributed by atoms with Crippen LogP contribution in [0.15, 0.2) is 30.3 Å². The zero-order valence-electron chi connectivity index (χ0n) is 12.6. The molecule has 1 aromatic rings. The Hall–Kier alpha value is -1.82. The summed E-state index contributed by atoms with van der Waals surface area (Å²) >= 11 is 0. The highest BCUT2D eigenvalue weighted by Crippen LogP contribution is 2.12. The van der Waals surface area contributed by atoms with Gasteiger partial charge in [-0.1, -0.05) is 50.6 Å². The van der Waals surface area contributed by atoms with E-state index >= 15 is 0 Å². The van der Waals surface area contributed by atoms with Crippen LogP contribution >= 0.6 is 0 Å². The third-order valence-electron chi connectivity index (χ3n) is 3.60. The van der Waals surface area contributed by atoms with E-state index in [0.29, 0.717) is 12.3 Å². The SMILES string of the molecule is CCC(C)CC(C)NC(=O)C(C#N)Cc1ccccc1. The van der Waals surface area contributed by atoms with Gasteiger partial charge in [-0.25, -0.2) is 0 Å². The normalized spacial score (nSPS) is 14.9. The lowest BCUT2D eigenvalue weighted by Crippen LogP contribution is -2.38. The Balaban J connectivity index is 2.53. The van der Waals surface area contributed by atoms with Crippen LogP contribution in [0.5, 0.6) is 0 Å². The van der Waals surface area contributed by atoms with Crippen molar-refractivity contribution in [2.45, 2.75) is 46.1 Å². The Morgan fingerprint density at radius 2 is 1.95 bits per heavy atom. The molecular weight excluding hydrogens is 248 g/mol. The molecular formula is C17H24N2O. The van der Waals surface area contributed by atoms with Gasteiger partial charge in [-0.3, -0.25) is 4.79 Å². The summed E-state index contributed by atoms with van der Waals surface area (Å²) in [4.78, 5) is 12.1. The molecule has 0 fully saturated rings. The first-order chi connectivity index (χ1) is 9.56. The predicted molar refractivity (Wildman–Crippen MR) is 80.9 cm³/mol. The molecule has 3 unspecified atom stereocenters. The Morgan fingerprint density at radius 1 is 1.30 bits per heavy atom. The topological polar surface area (TPSA) is 52.9 Å². The van der Waals surface area contributed by atoms with Crippen LogP contribution in [0.3, 0.4) is 0 Å². The molecule has 0 aliphatic heterocycles. The number of benzene rings is 1. The largest absolute Gasteiger partial charge is 0.352 e. The zero-order valence-corrected chi connectivity index (χ0v) is 12.6. The van der Waals surface area contributed by atoms with Crippen molar-refractivity contribution in [1.29, 1.82) is 5.26 Å². The van der Waals surface area contributed by atoms with Gasteiger partial charge in [-0.15, -0.1) is 0 Å². The van der Waals surface area contributed by atoms with Crippen LogP contribution < -0.4 is 5.32 Å². The second-order valence-corrected chi connectivity index (χ2v) is 5.53. The van der Waals surface area contributed by atoms with E-state index in [1.807, 2.05) is 37.3 Å². The van der Waals surface area contributed by atoms with Crippen molar-refractivity contribution in [2.75, 3.05) is 0 Å². The van der Waals surface area contributed by atoms with Gasteiger partial charge in [0, 0.05) is 6.04 Å². The number of amides is 1. The number of carbonyl (C=O) groups is 1. The van der Waals surface area contributed by atoms with Gasteiger partial charge in [0.15, 0.2) is 0 Å². The van der Waals surface area contributed by atoms with E-state index in [4.69, 9.17) is 0 Å². The highest BCUT2D eigenvalue weighted by Gasteiger charge is 2.20. The average Bonchev–Trinajstić information content (AvgIpc) is 2.45. The van der Waals surface area contributed by atoms with Crippen LogP contribution in [-0.2, 0) is 11.2 Å². The van der Waals surface area contributed by atoms with Gasteiger partial charge in [-0.2, -0.15) is 5.26 Å². The minimum absolute atomic E-state index is 0.115. The molecule has 0 saturated heterocycles. The fourth-order valence-corrected chi connectivity index (χ4v) is 2.22. The quantitative estimate of drug-likeness (QED) is 0.828. The number of nitrogens with one attached hydrogen (secondary N) is 1. The summed E-state index contributed by atoms with van der Waals surface area (Å²) in [6.45, 7) is 6.32. The Kier molecular flexibility index (Phi) is 6.79. The maximum Gasteiger partial charge on any atom is 0.237 e. The molecule has 1 N–H and O–H groups in total. The standard InChI is InChI=1S/C17H24N2O/c1-4-13(2)10-14(3)19-17(20)16(12-18)11-15-8-6-5-7-9-15/h5-9,13-14,16H,4,10-11H2,1-3H3,(H,19,20). The monoisotopic (exact) mass is 272 g/mol. The number of nitrogens with zero attached hydrogens (tertiary/aromatic N) is 1. The number of rotatable bonds is 7. The molecule has 0 saturated carbocycles. The zero-order chi connectivity index (χ0) is 15.0. The smallest absolute Gasteiger partial charge is 0.237 e. The lowest BCUT2D eigenvalue weighted by molar-refractivity contribution is -0.124. The summed E-state index contributed by atoms with van der Waals surface area (Å²) in [5, 5.41) is 12.1. The van der Waals surface area contributed by atoms with Gasteiger partial charge in [0.05, 0.1) is 6.07 Å². The molecule has 3 heteroatoms. The van der Waals surface area contributed by atoms with Crippen LogP contribution in [0.1, 0.15) is 39.2 Å². The van der Waals surface area contributed by atoms with E-state index in [9.17, 15) is 10.1 Å². The van der Waals surface area contributed by atoms with E-state index in [1.54, 1.807) is 0 Å². The molecule has 3 nitrogen and oxygen atoms in total. The van der Waals surface area contributed by atoms with E-state index < -0.39 is 5.92 Å². The third kappa shape index (κ3) is 5.44. The summed E-state index contributed by atoms with van der Waals surface area (Å²) in [7, 11) is 0. The lowest BCUT2D eigenvalue weighted by atomic mass is 9.97.